The Morgan fingerprint density at radius 3 is 1.23 bits per heavy atom. The fourth-order valence-electron chi connectivity index (χ4n) is 3.49. The number of nitrogens with one attached hydrogen (secondary N) is 2. The number of hydrogen-bond donors (Lipinski definition) is 2. The largest absolute Gasteiger partial charge is 0.484 e. The van der Waals surface area contributed by atoms with Crippen molar-refractivity contribution < 1.29 is 19.1 Å². The Morgan fingerprint density at radius 1 is 0.600 bits per heavy atom. The van der Waals surface area contributed by atoms with E-state index in [1.807, 2.05) is 72.8 Å². The third-order valence-electron chi connectivity index (χ3n) is 5.92. The fraction of sp³-hybridized carbons (Fsp3) is 0.312. The van der Waals surface area contributed by atoms with Crippen LogP contribution in [0, 0.1) is 0 Å². The molecule has 0 atom stereocenters. The molecular formula is C32H38N4O4. The molecule has 0 spiro atoms. The summed E-state index contributed by atoms with van der Waals surface area (Å²) in [6.45, 7) is 12.6. The molecule has 0 aromatic heterocycles. The number of amides is 2. The third kappa shape index (κ3) is 10.0. The first-order valence-corrected chi connectivity index (χ1v) is 13.1. The summed E-state index contributed by atoms with van der Waals surface area (Å²) in [7, 11) is 0. The molecule has 0 heterocycles. The highest BCUT2D eigenvalue weighted by molar-refractivity contribution is 5.86. The lowest BCUT2D eigenvalue weighted by molar-refractivity contribution is -0.123. The summed E-state index contributed by atoms with van der Waals surface area (Å²) in [5, 5.41) is 7.94. The average molecular weight is 543 g/mol. The van der Waals surface area contributed by atoms with Crippen LogP contribution in [-0.2, 0) is 20.4 Å². The Hall–Kier alpha value is -4.46. The van der Waals surface area contributed by atoms with Crippen LogP contribution < -0.4 is 20.3 Å². The van der Waals surface area contributed by atoms with E-state index in [1.165, 1.54) is 23.6 Å². The molecule has 0 unspecified atom stereocenters. The van der Waals surface area contributed by atoms with Gasteiger partial charge in [0.25, 0.3) is 11.8 Å². The molecule has 0 bridgehead atoms. The molecule has 3 rings (SSSR count). The summed E-state index contributed by atoms with van der Waals surface area (Å²) in [6.07, 6.45) is 3.06. The van der Waals surface area contributed by atoms with Crippen LogP contribution in [0.4, 0.5) is 0 Å². The van der Waals surface area contributed by atoms with Gasteiger partial charge in [-0.1, -0.05) is 90.1 Å². The summed E-state index contributed by atoms with van der Waals surface area (Å²) in [6, 6.07) is 22.7. The van der Waals surface area contributed by atoms with Crippen LogP contribution >= 0.6 is 0 Å². The van der Waals surface area contributed by atoms with Crippen LogP contribution in [-0.4, -0.2) is 37.5 Å². The highest BCUT2D eigenvalue weighted by Crippen LogP contribution is 2.25. The zero-order chi connectivity index (χ0) is 29.2. The third-order valence-corrected chi connectivity index (χ3v) is 5.92. The van der Waals surface area contributed by atoms with E-state index in [-0.39, 0.29) is 35.9 Å². The van der Waals surface area contributed by atoms with E-state index < -0.39 is 0 Å². The van der Waals surface area contributed by atoms with E-state index >= 15 is 0 Å². The number of benzene rings is 3. The lowest BCUT2D eigenvalue weighted by Gasteiger charge is -2.19. The fourth-order valence-corrected chi connectivity index (χ4v) is 3.49. The standard InChI is InChI=1S/C32H38N4O4/c1-31(2,3)25-11-15-27(16-12-25)39-21-29(37)35-33-19-23-7-9-24(10-8-23)20-34-36-30(38)22-40-28-17-13-26(14-18-28)32(4,5)6/h7-20H,21-22H2,1-6H3,(H,35,37)(H,36,38)/b33-19+,34-20+. The van der Waals surface area contributed by atoms with Crippen LogP contribution in [0.5, 0.6) is 11.5 Å². The van der Waals surface area contributed by atoms with Crippen molar-refractivity contribution in [1.82, 2.24) is 10.9 Å². The van der Waals surface area contributed by atoms with Crippen molar-refractivity contribution in [1.29, 1.82) is 0 Å². The van der Waals surface area contributed by atoms with Gasteiger partial charge >= 0.3 is 0 Å². The van der Waals surface area contributed by atoms with Gasteiger partial charge in [-0.2, -0.15) is 10.2 Å². The molecule has 2 N–H and O–H groups in total. The monoisotopic (exact) mass is 542 g/mol. The normalized spacial score (nSPS) is 11.9. The van der Waals surface area contributed by atoms with Crippen LogP contribution in [0.15, 0.2) is 83.0 Å². The van der Waals surface area contributed by atoms with Crippen molar-refractivity contribution in [3.63, 3.8) is 0 Å². The molecular weight excluding hydrogens is 504 g/mol. The van der Waals surface area contributed by atoms with E-state index in [2.05, 4.69) is 62.6 Å². The van der Waals surface area contributed by atoms with Gasteiger partial charge in [0.05, 0.1) is 12.4 Å². The van der Waals surface area contributed by atoms with E-state index in [0.717, 1.165) is 11.1 Å². The topological polar surface area (TPSA) is 101 Å². The smallest absolute Gasteiger partial charge is 0.277 e. The minimum Gasteiger partial charge on any atom is -0.484 e. The van der Waals surface area contributed by atoms with Gasteiger partial charge in [0.1, 0.15) is 11.5 Å². The molecule has 210 valence electrons. The molecule has 40 heavy (non-hydrogen) atoms. The number of hydrogen-bond acceptors (Lipinski definition) is 6. The minimum absolute atomic E-state index is 0.0566. The number of ether oxygens (including phenoxy) is 2. The van der Waals surface area contributed by atoms with E-state index in [0.29, 0.717) is 11.5 Å². The second-order valence-corrected chi connectivity index (χ2v) is 11.4. The van der Waals surface area contributed by atoms with E-state index in [4.69, 9.17) is 9.47 Å². The van der Waals surface area contributed by atoms with Gasteiger partial charge in [-0.25, -0.2) is 10.9 Å². The molecule has 2 amide bonds. The number of nitrogens with zero attached hydrogens (tertiary/aromatic N) is 2. The van der Waals surface area contributed by atoms with Crippen molar-refractivity contribution in [2.45, 2.75) is 52.4 Å². The summed E-state index contributed by atoms with van der Waals surface area (Å²) >= 11 is 0. The Kier molecular flexibility index (Phi) is 10.2. The number of carbonyl (C=O) groups is 2. The molecule has 3 aromatic rings. The highest BCUT2D eigenvalue weighted by atomic mass is 16.5. The summed E-state index contributed by atoms with van der Waals surface area (Å²) in [5.41, 5.74) is 8.97. The lowest BCUT2D eigenvalue weighted by atomic mass is 9.87. The molecule has 0 aliphatic heterocycles. The predicted molar refractivity (Wildman–Crippen MR) is 159 cm³/mol. The quantitative estimate of drug-likeness (QED) is 0.267. The maximum atomic E-state index is 12.0. The van der Waals surface area contributed by atoms with Crippen molar-refractivity contribution in [3.05, 3.63) is 95.1 Å². The Bertz CT molecular complexity index is 1210. The first kappa shape index (κ1) is 30.1. The Balaban J connectivity index is 1.36. The van der Waals surface area contributed by atoms with Crippen LogP contribution in [0.1, 0.15) is 63.8 Å². The maximum absolute atomic E-state index is 12.0. The molecule has 0 saturated heterocycles. The van der Waals surface area contributed by atoms with Gasteiger partial charge in [0.15, 0.2) is 13.2 Å². The van der Waals surface area contributed by atoms with Crippen molar-refractivity contribution in [2.75, 3.05) is 13.2 Å². The van der Waals surface area contributed by atoms with Gasteiger partial charge < -0.3 is 9.47 Å². The zero-order valence-corrected chi connectivity index (χ0v) is 24.0. The molecule has 0 radical (unpaired) electrons. The molecule has 0 aliphatic carbocycles. The zero-order valence-electron chi connectivity index (χ0n) is 24.0. The summed E-state index contributed by atoms with van der Waals surface area (Å²) in [5.74, 6) is 0.529. The van der Waals surface area contributed by atoms with Gasteiger partial charge in [-0.05, 0) is 57.3 Å². The van der Waals surface area contributed by atoms with Crippen molar-refractivity contribution in [2.24, 2.45) is 10.2 Å². The summed E-state index contributed by atoms with van der Waals surface area (Å²) in [4.78, 5) is 24.1. The molecule has 0 fully saturated rings. The van der Waals surface area contributed by atoms with E-state index in [9.17, 15) is 9.59 Å². The molecule has 8 heteroatoms. The van der Waals surface area contributed by atoms with Crippen molar-refractivity contribution in [3.8, 4) is 11.5 Å². The highest BCUT2D eigenvalue weighted by Gasteiger charge is 2.14. The Morgan fingerprint density at radius 2 is 0.925 bits per heavy atom. The average Bonchev–Trinajstić information content (AvgIpc) is 2.91. The lowest BCUT2D eigenvalue weighted by Crippen LogP contribution is -2.24. The van der Waals surface area contributed by atoms with Gasteiger partial charge in [-0.15, -0.1) is 0 Å². The van der Waals surface area contributed by atoms with Crippen molar-refractivity contribution >= 4 is 24.2 Å². The molecule has 0 aliphatic rings. The van der Waals surface area contributed by atoms with Crippen LogP contribution in [0.3, 0.4) is 0 Å². The van der Waals surface area contributed by atoms with Gasteiger partial charge in [0.2, 0.25) is 0 Å². The molecule has 3 aromatic carbocycles. The van der Waals surface area contributed by atoms with Crippen LogP contribution in [0.2, 0.25) is 0 Å². The SMILES string of the molecule is CC(C)(C)c1ccc(OCC(=O)N/N=C/c2ccc(/C=N/NC(=O)COc3ccc(C(C)(C)C)cc3)cc2)cc1. The second kappa shape index (κ2) is 13.6. The first-order valence-electron chi connectivity index (χ1n) is 13.1. The predicted octanol–water partition coefficient (Wildman–Crippen LogP) is 5.34. The number of hydrazone groups is 2. The van der Waals surface area contributed by atoms with E-state index in [1.54, 1.807) is 0 Å². The number of rotatable bonds is 10. The van der Waals surface area contributed by atoms with Gasteiger partial charge in [-0.3, -0.25) is 9.59 Å². The first-order chi connectivity index (χ1) is 18.9. The molecule has 0 saturated carbocycles. The van der Waals surface area contributed by atoms with Crippen LogP contribution in [0.25, 0.3) is 0 Å². The van der Waals surface area contributed by atoms with Gasteiger partial charge in [0, 0.05) is 0 Å². The number of carbonyl (C=O) groups excluding carboxylic acids is 2. The maximum Gasteiger partial charge on any atom is 0.277 e. The molecule has 8 nitrogen and oxygen atoms in total. The minimum atomic E-state index is -0.360. The second-order valence-electron chi connectivity index (χ2n) is 11.4. The Labute approximate surface area is 236 Å². The summed E-state index contributed by atoms with van der Waals surface area (Å²) < 4.78 is 11.0.